The van der Waals surface area contributed by atoms with Gasteiger partial charge in [0, 0.05) is 39.8 Å². The van der Waals surface area contributed by atoms with Gasteiger partial charge in [0.05, 0.1) is 0 Å². The molecule has 8 heteroatoms. The van der Waals surface area contributed by atoms with Gasteiger partial charge in [-0.15, -0.1) is 0 Å². The topological polar surface area (TPSA) is 42.5 Å². The third-order valence-corrected chi connectivity index (χ3v) is 5.45. The summed E-state index contributed by atoms with van der Waals surface area (Å²) < 4.78 is 11.1. The molecule has 0 saturated carbocycles. The van der Waals surface area contributed by atoms with Crippen molar-refractivity contribution in [2.45, 2.75) is 5.75 Å². The molecule has 0 atom stereocenters. The number of rotatable bonds is 6. The molecule has 1 aliphatic heterocycles. The van der Waals surface area contributed by atoms with Crippen LogP contribution in [0.2, 0.25) is 10.0 Å². The monoisotopic (exact) mass is 428 g/mol. The molecule has 0 radical (unpaired) electrons. The lowest BCUT2D eigenvalue weighted by Gasteiger charge is -2.19. The van der Waals surface area contributed by atoms with Crippen LogP contribution in [0.5, 0.6) is 11.5 Å². The van der Waals surface area contributed by atoms with Gasteiger partial charge in [-0.3, -0.25) is 0 Å². The fourth-order valence-corrected chi connectivity index (χ4v) is 3.99. The Morgan fingerprint density at radius 3 is 2.69 bits per heavy atom. The van der Waals surface area contributed by atoms with E-state index in [4.69, 9.17) is 44.9 Å². The van der Waals surface area contributed by atoms with Crippen LogP contribution in [0.25, 0.3) is 0 Å². The molecule has 2 aromatic rings. The van der Waals surface area contributed by atoms with Crippen molar-refractivity contribution in [3.05, 3.63) is 52.0 Å². The summed E-state index contributed by atoms with van der Waals surface area (Å²) in [4.78, 5) is 0. The molecule has 138 valence electrons. The standard InChI is InChI=1S/C18H18Cl2N2O2S2/c19-13-2-1-12(15(20)9-13)11-26-8-5-21-18(25)22-14-3-4-16-17(10-14)24-7-6-23-16/h1-4,9-10H,5-8,11H2,(H2,21,22,25). The van der Waals surface area contributed by atoms with Crippen molar-refractivity contribution in [1.29, 1.82) is 0 Å². The minimum Gasteiger partial charge on any atom is -0.486 e. The molecular formula is C18H18Cl2N2O2S2. The van der Waals surface area contributed by atoms with Crippen LogP contribution in [0.4, 0.5) is 5.69 Å². The summed E-state index contributed by atoms with van der Waals surface area (Å²) in [5.74, 6) is 3.24. The van der Waals surface area contributed by atoms with Crippen molar-refractivity contribution >= 4 is 58.0 Å². The molecular weight excluding hydrogens is 411 g/mol. The van der Waals surface area contributed by atoms with E-state index in [1.807, 2.05) is 30.3 Å². The zero-order chi connectivity index (χ0) is 18.4. The van der Waals surface area contributed by atoms with Crippen LogP contribution in [0.3, 0.4) is 0 Å². The lowest BCUT2D eigenvalue weighted by atomic mass is 10.2. The first-order valence-corrected chi connectivity index (χ1v) is 10.4. The highest BCUT2D eigenvalue weighted by Crippen LogP contribution is 2.32. The third kappa shape index (κ3) is 5.58. The van der Waals surface area contributed by atoms with Crippen LogP contribution in [0.1, 0.15) is 5.56 Å². The number of benzene rings is 2. The molecule has 0 amide bonds. The first-order chi connectivity index (χ1) is 12.6. The predicted octanol–water partition coefficient (Wildman–Crippen LogP) is 4.98. The summed E-state index contributed by atoms with van der Waals surface area (Å²) >= 11 is 19.2. The van der Waals surface area contributed by atoms with E-state index in [1.54, 1.807) is 17.8 Å². The minimum atomic E-state index is 0.564. The number of thiocarbonyl (C=S) groups is 1. The van der Waals surface area contributed by atoms with Gasteiger partial charge in [0.25, 0.3) is 0 Å². The van der Waals surface area contributed by atoms with Crippen LogP contribution in [-0.2, 0) is 5.75 Å². The molecule has 0 saturated heterocycles. The van der Waals surface area contributed by atoms with Crippen LogP contribution in [0.15, 0.2) is 36.4 Å². The maximum atomic E-state index is 6.17. The Balaban J connectivity index is 1.38. The Morgan fingerprint density at radius 1 is 1.08 bits per heavy atom. The number of nitrogens with one attached hydrogen (secondary N) is 2. The summed E-state index contributed by atoms with van der Waals surface area (Å²) in [6.07, 6.45) is 0. The molecule has 0 spiro atoms. The van der Waals surface area contributed by atoms with E-state index >= 15 is 0 Å². The van der Waals surface area contributed by atoms with E-state index in [1.165, 1.54) is 0 Å². The van der Waals surface area contributed by atoms with Crippen molar-refractivity contribution in [1.82, 2.24) is 5.32 Å². The van der Waals surface area contributed by atoms with Crippen molar-refractivity contribution in [2.75, 3.05) is 30.8 Å². The Bertz CT molecular complexity index is 790. The number of hydrogen-bond donors (Lipinski definition) is 2. The van der Waals surface area contributed by atoms with Crippen molar-refractivity contribution < 1.29 is 9.47 Å². The molecule has 1 heterocycles. The maximum Gasteiger partial charge on any atom is 0.170 e. The number of fused-ring (bicyclic) bond motifs is 1. The van der Waals surface area contributed by atoms with E-state index < -0.39 is 0 Å². The smallest absolute Gasteiger partial charge is 0.170 e. The Morgan fingerprint density at radius 2 is 1.88 bits per heavy atom. The molecule has 3 rings (SSSR count). The zero-order valence-electron chi connectivity index (χ0n) is 13.9. The van der Waals surface area contributed by atoms with E-state index in [0.717, 1.165) is 40.8 Å². The average molecular weight is 429 g/mol. The van der Waals surface area contributed by atoms with Gasteiger partial charge >= 0.3 is 0 Å². The summed E-state index contributed by atoms with van der Waals surface area (Å²) in [6.45, 7) is 1.90. The third-order valence-electron chi connectivity index (χ3n) is 3.60. The van der Waals surface area contributed by atoms with Gasteiger partial charge in [0.1, 0.15) is 13.2 Å². The van der Waals surface area contributed by atoms with Crippen molar-refractivity contribution in [3.63, 3.8) is 0 Å². The molecule has 2 aromatic carbocycles. The normalized spacial score (nSPS) is 12.5. The molecule has 0 fully saturated rings. The van der Waals surface area contributed by atoms with Gasteiger partial charge in [0.15, 0.2) is 16.6 Å². The highest BCUT2D eigenvalue weighted by atomic mass is 35.5. The maximum absolute atomic E-state index is 6.17. The number of anilines is 1. The Labute approximate surface area is 172 Å². The first-order valence-electron chi connectivity index (χ1n) is 8.08. The molecule has 1 aliphatic rings. The van der Waals surface area contributed by atoms with Crippen LogP contribution in [-0.4, -0.2) is 30.6 Å². The number of ether oxygens (including phenoxy) is 2. The fourth-order valence-electron chi connectivity index (χ4n) is 2.35. The SMILES string of the molecule is S=C(NCCSCc1ccc(Cl)cc1Cl)Nc1ccc2c(c1)OCCO2. The van der Waals surface area contributed by atoms with Crippen LogP contribution >= 0.6 is 47.2 Å². The van der Waals surface area contributed by atoms with Crippen molar-refractivity contribution in [3.8, 4) is 11.5 Å². The second-order valence-electron chi connectivity index (χ2n) is 5.53. The van der Waals surface area contributed by atoms with Gasteiger partial charge in [0.2, 0.25) is 0 Å². The molecule has 2 N–H and O–H groups in total. The second-order valence-corrected chi connectivity index (χ2v) is 7.88. The molecule has 0 bridgehead atoms. The first kappa shape index (κ1) is 19.4. The van der Waals surface area contributed by atoms with Crippen LogP contribution in [0, 0.1) is 0 Å². The Hall–Kier alpha value is -1.34. The van der Waals surface area contributed by atoms with Gasteiger partial charge < -0.3 is 20.1 Å². The van der Waals surface area contributed by atoms with Crippen molar-refractivity contribution in [2.24, 2.45) is 0 Å². The quantitative estimate of drug-likeness (QED) is 0.499. The van der Waals surface area contributed by atoms with E-state index in [9.17, 15) is 0 Å². The van der Waals surface area contributed by atoms with Gasteiger partial charge in [-0.2, -0.15) is 11.8 Å². The Kier molecular flexibility index (Phi) is 7.14. The fraction of sp³-hybridized carbons (Fsp3) is 0.278. The van der Waals surface area contributed by atoms with E-state index in [2.05, 4.69) is 10.6 Å². The van der Waals surface area contributed by atoms with E-state index in [0.29, 0.717) is 28.4 Å². The second kappa shape index (κ2) is 9.55. The molecule has 0 unspecified atom stereocenters. The van der Waals surface area contributed by atoms with Gasteiger partial charge in [-0.1, -0.05) is 29.3 Å². The highest BCUT2D eigenvalue weighted by Gasteiger charge is 2.12. The summed E-state index contributed by atoms with van der Waals surface area (Å²) in [5.41, 5.74) is 1.95. The molecule has 0 aromatic heterocycles. The number of hydrogen-bond acceptors (Lipinski definition) is 4. The molecule has 26 heavy (non-hydrogen) atoms. The zero-order valence-corrected chi connectivity index (χ0v) is 17.0. The lowest BCUT2D eigenvalue weighted by molar-refractivity contribution is 0.171. The number of halogens is 2. The largest absolute Gasteiger partial charge is 0.486 e. The molecule has 4 nitrogen and oxygen atoms in total. The summed E-state index contributed by atoms with van der Waals surface area (Å²) in [5, 5.41) is 8.28. The molecule has 0 aliphatic carbocycles. The predicted molar refractivity (Wildman–Crippen MR) is 114 cm³/mol. The summed E-state index contributed by atoms with van der Waals surface area (Å²) in [6, 6.07) is 11.3. The minimum absolute atomic E-state index is 0.564. The summed E-state index contributed by atoms with van der Waals surface area (Å²) in [7, 11) is 0. The lowest BCUT2D eigenvalue weighted by Crippen LogP contribution is -2.30. The van der Waals surface area contributed by atoms with E-state index in [-0.39, 0.29) is 0 Å². The van der Waals surface area contributed by atoms with Gasteiger partial charge in [-0.25, -0.2) is 0 Å². The number of thioether (sulfide) groups is 1. The van der Waals surface area contributed by atoms with Gasteiger partial charge in [-0.05, 0) is 42.0 Å². The van der Waals surface area contributed by atoms with Crippen LogP contribution < -0.4 is 20.1 Å². The highest BCUT2D eigenvalue weighted by molar-refractivity contribution is 7.98. The average Bonchev–Trinajstić information content (AvgIpc) is 2.63.